The fourth-order valence-corrected chi connectivity index (χ4v) is 0.898. The Morgan fingerprint density at radius 3 is 1.82 bits per heavy atom. The zero-order valence-electron chi connectivity index (χ0n) is 8.09. The highest BCUT2D eigenvalue weighted by molar-refractivity contribution is 6.11. The molecule has 0 N–H and O–H groups in total. The molecule has 0 amide bonds. The topological polar surface area (TPSA) is 18.5 Å². The summed E-state index contributed by atoms with van der Waals surface area (Å²) in [7, 11) is 2.15. The van der Waals surface area contributed by atoms with Crippen LogP contribution in [0, 0.1) is 0 Å². The zero-order chi connectivity index (χ0) is 8.69. The summed E-state index contributed by atoms with van der Waals surface area (Å²) >= 11 is 0. The molecule has 0 saturated heterocycles. The van der Waals surface area contributed by atoms with Crippen molar-refractivity contribution < 1.29 is 9.47 Å². The predicted molar refractivity (Wildman–Crippen MR) is 49.6 cm³/mol. The lowest BCUT2D eigenvalue weighted by atomic mass is 9.84. The van der Waals surface area contributed by atoms with Crippen LogP contribution in [0.5, 0.6) is 0 Å². The van der Waals surface area contributed by atoms with Gasteiger partial charge in [-0.15, -0.1) is 0 Å². The highest BCUT2D eigenvalue weighted by Crippen LogP contribution is 2.15. The van der Waals surface area contributed by atoms with E-state index in [2.05, 4.69) is 14.8 Å². The molecule has 0 heterocycles. The lowest BCUT2D eigenvalue weighted by molar-refractivity contribution is -0.138. The highest BCUT2D eigenvalue weighted by atomic mass is 16.7. The van der Waals surface area contributed by atoms with Crippen LogP contribution in [0.1, 0.15) is 27.2 Å². The first-order valence-electron chi connectivity index (χ1n) is 4.49. The Bertz CT molecular complexity index is 82.2. The second-order valence-corrected chi connectivity index (χ2v) is 2.66. The molecule has 0 spiro atoms. The Labute approximate surface area is 70.7 Å². The summed E-state index contributed by atoms with van der Waals surface area (Å²) in [6, 6.07) is 0. The molecule has 0 fully saturated rings. The van der Waals surface area contributed by atoms with Crippen LogP contribution in [-0.4, -0.2) is 27.4 Å². The molecule has 0 aromatic rings. The van der Waals surface area contributed by atoms with E-state index in [0.29, 0.717) is 5.82 Å². The molecule has 0 radical (unpaired) electrons. The van der Waals surface area contributed by atoms with Gasteiger partial charge in [0, 0.05) is 13.2 Å². The predicted octanol–water partition coefficient (Wildman–Crippen LogP) is 1.22. The van der Waals surface area contributed by atoms with Gasteiger partial charge in [-0.2, -0.15) is 0 Å². The van der Waals surface area contributed by atoms with Crippen molar-refractivity contribution in [1.82, 2.24) is 0 Å². The third kappa shape index (κ3) is 4.43. The third-order valence-electron chi connectivity index (χ3n) is 1.77. The fraction of sp³-hybridized carbons (Fsp3) is 1.00. The molecular formula is C8H19BO2. The molecule has 1 unspecified atom stereocenters. The van der Waals surface area contributed by atoms with E-state index < -0.39 is 0 Å². The Balaban J connectivity index is 3.66. The molecule has 2 nitrogen and oxygen atoms in total. The molecule has 11 heavy (non-hydrogen) atoms. The maximum Gasteiger partial charge on any atom is 0.153 e. The second kappa shape index (κ2) is 6.68. The standard InChI is InChI=1S/C8H19BO2/c1-4-7(9)8(10-5-2)11-6-3/h7-8H,4-6,9H2,1-3H3. The summed E-state index contributed by atoms with van der Waals surface area (Å²) in [5.41, 5.74) is 0. The van der Waals surface area contributed by atoms with Crippen LogP contribution in [0.4, 0.5) is 0 Å². The van der Waals surface area contributed by atoms with Crippen LogP contribution in [0.15, 0.2) is 0 Å². The molecule has 3 heteroatoms. The molecule has 0 aliphatic rings. The van der Waals surface area contributed by atoms with Crippen molar-refractivity contribution in [3.8, 4) is 0 Å². The SMILES string of the molecule is BC(CC)C(OCC)OCC. The second-order valence-electron chi connectivity index (χ2n) is 2.66. The zero-order valence-corrected chi connectivity index (χ0v) is 8.09. The normalized spacial score (nSPS) is 13.8. The van der Waals surface area contributed by atoms with Gasteiger partial charge < -0.3 is 9.47 Å². The molecule has 66 valence electrons. The molecule has 1 atom stereocenters. The van der Waals surface area contributed by atoms with Crippen molar-refractivity contribution in [3.05, 3.63) is 0 Å². The van der Waals surface area contributed by atoms with Crippen LogP contribution in [0.3, 0.4) is 0 Å². The maximum absolute atomic E-state index is 5.41. The van der Waals surface area contributed by atoms with E-state index in [1.807, 2.05) is 13.8 Å². The maximum atomic E-state index is 5.41. The van der Waals surface area contributed by atoms with Crippen LogP contribution in [0.25, 0.3) is 0 Å². The molecule has 0 rings (SSSR count). The first-order valence-corrected chi connectivity index (χ1v) is 4.49. The summed E-state index contributed by atoms with van der Waals surface area (Å²) in [5.74, 6) is 0.495. The van der Waals surface area contributed by atoms with Gasteiger partial charge in [-0.25, -0.2) is 0 Å². The average molecular weight is 158 g/mol. The summed E-state index contributed by atoms with van der Waals surface area (Å²) < 4.78 is 10.8. The largest absolute Gasteiger partial charge is 0.353 e. The van der Waals surface area contributed by atoms with Crippen molar-refractivity contribution >= 4 is 7.85 Å². The quantitative estimate of drug-likeness (QED) is 0.427. The Kier molecular flexibility index (Phi) is 6.67. The van der Waals surface area contributed by atoms with E-state index in [0.717, 1.165) is 19.6 Å². The van der Waals surface area contributed by atoms with E-state index in [1.165, 1.54) is 0 Å². The molecule has 0 aliphatic heterocycles. The van der Waals surface area contributed by atoms with E-state index >= 15 is 0 Å². The minimum Gasteiger partial charge on any atom is -0.353 e. The van der Waals surface area contributed by atoms with Crippen LogP contribution < -0.4 is 0 Å². The molecular weight excluding hydrogens is 139 g/mol. The van der Waals surface area contributed by atoms with Gasteiger partial charge in [0.1, 0.15) is 7.85 Å². The summed E-state index contributed by atoms with van der Waals surface area (Å²) in [4.78, 5) is 0. The van der Waals surface area contributed by atoms with Gasteiger partial charge in [0.25, 0.3) is 0 Å². The van der Waals surface area contributed by atoms with Crippen LogP contribution in [0.2, 0.25) is 5.82 Å². The van der Waals surface area contributed by atoms with Gasteiger partial charge >= 0.3 is 0 Å². The first-order chi connectivity index (χ1) is 5.26. The van der Waals surface area contributed by atoms with E-state index in [9.17, 15) is 0 Å². The van der Waals surface area contributed by atoms with Crippen molar-refractivity contribution in [3.63, 3.8) is 0 Å². The van der Waals surface area contributed by atoms with Crippen molar-refractivity contribution in [2.24, 2.45) is 0 Å². The van der Waals surface area contributed by atoms with Gasteiger partial charge in [0.15, 0.2) is 6.29 Å². The van der Waals surface area contributed by atoms with Crippen molar-refractivity contribution in [2.45, 2.75) is 39.3 Å². The molecule has 0 aliphatic carbocycles. The Morgan fingerprint density at radius 2 is 1.55 bits per heavy atom. The lowest BCUT2D eigenvalue weighted by Crippen LogP contribution is -2.23. The smallest absolute Gasteiger partial charge is 0.153 e. The number of hydrogen-bond donors (Lipinski definition) is 0. The first kappa shape index (κ1) is 11.0. The number of rotatable bonds is 6. The van der Waals surface area contributed by atoms with Gasteiger partial charge in [0.2, 0.25) is 0 Å². The van der Waals surface area contributed by atoms with Crippen molar-refractivity contribution in [2.75, 3.05) is 13.2 Å². The fourth-order valence-electron chi connectivity index (χ4n) is 0.898. The minimum absolute atomic E-state index is 0.00463. The summed E-state index contributed by atoms with van der Waals surface area (Å²) in [6.45, 7) is 7.60. The van der Waals surface area contributed by atoms with Crippen LogP contribution in [-0.2, 0) is 9.47 Å². The number of ether oxygens (including phenoxy) is 2. The lowest BCUT2D eigenvalue weighted by Gasteiger charge is -2.22. The molecule has 0 aromatic carbocycles. The molecule has 0 bridgehead atoms. The van der Waals surface area contributed by atoms with Crippen LogP contribution >= 0.6 is 0 Å². The average Bonchev–Trinajstić information content (AvgIpc) is 2.03. The Hall–Kier alpha value is -0.0151. The van der Waals surface area contributed by atoms with Gasteiger partial charge in [-0.3, -0.25) is 0 Å². The third-order valence-corrected chi connectivity index (χ3v) is 1.77. The Morgan fingerprint density at radius 1 is 1.09 bits per heavy atom. The van der Waals surface area contributed by atoms with Crippen molar-refractivity contribution in [1.29, 1.82) is 0 Å². The van der Waals surface area contributed by atoms with Gasteiger partial charge in [0.05, 0.1) is 0 Å². The summed E-state index contributed by atoms with van der Waals surface area (Å²) in [6.07, 6.45) is 1.10. The van der Waals surface area contributed by atoms with E-state index in [-0.39, 0.29) is 6.29 Å². The van der Waals surface area contributed by atoms with E-state index in [1.54, 1.807) is 0 Å². The highest BCUT2D eigenvalue weighted by Gasteiger charge is 2.14. The summed E-state index contributed by atoms with van der Waals surface area (Å²) in [5, 5.41) is 0. The monoisotopic (exact) mass is 158 g/mol. The van der Waals surface area contributed by atoms with Gasteiger partial charge in [-0.05, 0) is 19.7 Å². The van der Waals surface area contributed by atoms with Gasteiger partial charge in [-0.1, -0.05) is 13.3 Å². The van der Waals surface area contributed by atoms with E-state index in [4.69, 9.17) is 9.47 Å². The molecule has 0 saturated carbocycles. The number of hydrogen-bond acceptors (Lipinski definition) is 2. The minimum atomic E-state index is -0.00463. The molecule has 0 aromatic heterocycles.